The van der Waals surface area contributed by atoms with Crippen molar-refractivity contribution in [2.75, 3.05) is 33.6 Å². The van der Waals surface area contributed by atoms with Gasteiger partial charge in [-0.05, 0) is 26.8 Å². The second-order valence-electron chi connectivity index (χ2n) is 4.54. The highest BCUT2D eigenvalue weighted by Gasteiger charge is 2.23. The molecule has 17 heavy (non-hydrogen) atoms. The Morgan fingerprint density at radius 2 is 2.35 bits per heavy atom. The summed E-state index contributed by atoms with van der Waals surface area (Å²) in [6, 6.07) is 0. The number of thioether (sulfide) groups is 1. The average molecular weight is 253 g/mol. The first-order valence-electron chi connectivity index (χ1n) is 5.83. The zero-order valence-electron chi connectivity index (χ0n) is 10.6. The Hall–Kier alpha value is -0.650. The number of ether oxygens (including phenoxy) is 1. The third kappa shape index (κ3) is 3.18. The van der Waals surface area contributed by atoms with E-state index >= 15 is 0 Å². The molecule has 0 spiro atoms. The number of rotatable bonds is 4. The first kappa shape index (κ1) is 12.8. The SMILES string of the molecule is CSc1cnc(C2CCOC2)c(CN(C)C)n1. The highest BCUT2D eigenvalue weighted by molar-refractivity contribution is 7.98. The number of nitrogens with zero attached hydrogens (tertiary/aromatic N) is 3. The van der Waals surface area contributed by atoms with E-state index in [0.717, 1.165) is 42.6 Å². The molecule has 2 heterocycles. The van der Waals surface area contributed by atoms with Gasteiger partial charge in [0.1, 0.15) is 5.03 Å². The molecule has 1 saturated heterocycles. The van der Waals surface area contributed by atoms with Gasteiger partial charge < -0.3 is 9.64 Å². The first-order valence-corrected chi connectivity index (χ1v) is 7.05. The van der Waals surface area contributed by atoms with Crippen LogP contribution in [0.5, 0.6) is 0 Å². The largest absolute Gasteiger partial charge is 0.381 e. The van der Waals surface area contributed by atoms with Crippen molar-refractivity contribution in [3.05, 3.63) is 17.6 Å². The molecule has 0 saturated carbocycles. The van der Waals surface area contributed by atoms with Gasteiger partial charge >= 0.3 is 0 Å². The van der Waals surface area contributed by atoms with Crippen LogP contribution in [0.4, 0.5) is 0 Å². The van der Waals surface area contributed by atoms with Gasteiger partial charge in [0.25, 0.3) is 0 Å². The van der Waals surface area contributed by atoms with Crippen LogP contribution >= 0.6 is 11.8 Å². The van der Waals surface area contributed by atoms with Gasteiger partial charge in [-0.15, -0.1) is 11.8 Å². The molecule has 0 bridgehead atoms. The van der Waals surface area contributed by atoms with Crippen molar-refractivity contribution < 1.29 is 4.74 Å². The van der Waals surface area contributed by atoms with Crippen LogP contribution in [0.3, 0.4) is 0 Å². The zero-order valence-corrected chi connectivity index (χ0v) is 11.5. The summed E-state index contributed by atoms with van der Waals surface area (Å²) in [4.78, 5) is 11.4. The minimum absolute atomic E-state index is 0.424. The molecule has 4 nitrogen and oxygen atoms in total. The van der Waals surface area contributed by atoms with E-state index in [1.54, 1.807) is 11.8 Å². The van der Waals surface area contributed by atoms with Gasteiger partial charge in [-0.2, -0.15) is 0 Å². The van der Waals surface area contributed by atoms with Crippen LogP contribution in [0.2, 0.25) is 0 Å². The van der Waals surface area contributed by atoms with Crippen molar-refractivity contribution >= 4 is 11.8 Å². The molecule has 1 aliphatic rings. The summed E-state index contributed by atoms with van der Waals surface area (Å²) in [5, 5.41) is 0.990. The van der Waals surface area contributed by atoms with E-state index in [2.05, 4.69) is 29.0 Å². The van der Waals surface area contributed by atoms with Crippen molar-refractivity contribution in [3.8, 4) is 0 Å². The molecule has 0 radical (unpaired) electrons. The van der Waals surface area contributed by atoms with Gasteiger partial charge in [-0.3, -0.25) is 4.98 Å². The quantitative estimate of drug-likeness (QED) is 0.765. The summed E-state index contributed by atoms with van der Waals surface area (Å²) in [7, 11) is 4.12. The Morgan fingerprint density at radius 3 is 2.94 bits per heavy atom. The van der Waals surface area contributed by atoms with Crippen LogP contribution in [0, 0.1) is 0 Å². The Labute approximate surface area is 107 Å². The summed E-state index contributed by atoms with van der Waals surface area (Å²) >= 11 is 1.64. The van der Waals surface area contributed by atoms with Crippen LogP contribution in [0.25, 0.3) is 0 Å². The lowest BCUT2D eigenvalue weighted by Crippen LogP contribution is -2.17. The van der Waals surface area contributed by atoms with Crippen LogP contribution < -0.4 is 0 Å². The minimum atomic E-state index is 0.424. The summed E-state index contributed by atoms with van der Waals surface area (Å²) in [5.74, 6) is 0.424. The van der Waals surface area contributed by atoms with Gasteiger partial charge in [0.15, 0.2) is 0 Å². The molecule has 1 unspecified atom stereocenters. The van der Waals surface area contributed by atoms with E-state index in [1.807, 2.05) is 12.5 Å². The van der Waals surface area contributed by atoms with Crippen molar-refractivity contribution in [1.82, 2.24) is 14.9 Å². The van der Waals surface area contributed by atoms with E-state index in [9.17, 15) is 0 Å². The molecular formula is C12H19N3OS. The van der Waals surface area contributed by atoms with Gasteiger partial charge in [-0.25, -0.2) is 4.98 Å². The fourth-order valence-corrected chi connectivity index (χ4v) is 2.38. The van der Waals surface area contributed by atoms with E-state index in [1.165, 1.54) is 0 Å². The number of hydrogen-bond acceptors (Lipinski definition) is 5. The van der Waals surface area contributed by atoms with E-state index < -0.39 is 0 Å². The lowest BCUT2D eigenvalue weighted by Gasteiger charge is -2.16. The third-order valence-corrected chi connectivity index (χ3v) is 3.46. The second kappa shape index (κ2) is 5.80. The molecule has 5 heteroatoms. The number of aromatic nitrogens is 2. The van der Waals surface area contributed by atoms with Gasteiger partial charge in [-0.1, -0.05) is 0 Å². The van der Waals surface area contributed by atoms with Crippen LogP contribution in [0.15, 0.2) is 11.2 Å². The maximum atomic E-state index is 5.44. The fourth-order valence-electron chi connectivity index (χ4n) is 2.02. The smallest absolute Gasteiger partial charge is 0.114 e. The van der Waals surface area contributed by atoms with Crippen molar-refractivity contribution in [2.24, 2.45) is 0 Å². The Bertz CT molecular complexity index is 378. The fraction of sp³-hybridized carbons (Fsp3) is 0.667. The predicted molar refractivity (Wildman–Crippen MR) is 69.4 cm³/mol. The Morgan fingerprint density at radius 1 is 1.53 bits per heavy atom. The topological polar surface area (TPSA) is 38.2 Å². The van der Waals surface area contributed by atoms with Crippen molar-refractivity contribution in [3.63, 3.8) is 0 Å². The highest BCUT2D eigenvalue weighted by Crippen LogP contribution is 2.27. The maximum Gasteiger partial charge on any atom is 0.114 e. The maximum absolute atomic E-state index is 5.44. The summed E-state index contributed by atoms with van der Waals surface area (Å²) in [6.07, 6.45) is 4.97. The van der Waals surface area contributed by atoms with Gasteiger partial charge in [0.2, 0.25) is 0 Å². The van der Waals surface area contributed by atoms with Gasteiger partial charge in [0.05, 0.1) is 24.2 Å². The molecule has 0 N–H and O–H groups in total. The molecule has 0 aromatic carbocycles. The predicted octanol–water partition coefficient (Wildman–Crippen LogP) is 1.76. The molecule has 2 rings (SSSR count). The summed E-state index contributed by atoms with van der Waals surface area (Å²) in [6.45, 7) is 2.47. The third-order valence-electron chi connectivity index (χ3n) is 2.85. The van der Waals surface area contributed by atoms with Crippen LogP contribution in [-0.4, -0.2) is 48.4 Å². The molecule has 0 amide bonds. The molecule has 1 aromatic heterocycles. The highest BCUT2D eigenvalue weighted by atomic mass is 32.2. The second-order valence-corrected chi connectivity index (χ2v) is 5.37. The summed E-state index contributed by atoms with van der Waals surface area (Å²) in [5.41, 5.74) is 2.21. The monoisotopic (exact) mass is 253 g/mol. The summed E-state index contributed by atoms with van der Waals surface area (Å²) < 4.78 is 5.44. The zero-order chi connectivity index (χ0) is 12.3. The van der Waals surface area contributed by atoms with Crippen LogP contribution in [0.1, 0.15) is 23.7 Å². The van der Waals surface area contributed by atoms with Crippen molar-refractivity contribution in [2.45, 2.75) is 23.9 Å². The normalized spacial score (nSPS) is 20.1. The molecule has 0 aliphatic carbocycles. The van der Waals surface area contributed by atoms with Crippen LogP contribution in [-0.2, 0) is 11.3 Å². The molecule has 1 atom stereocenters. The lowest BCUT2D eigenvalue weighted by atomic mass is 10.0. The standard InChI is InChI=1S/C12H19N3OS/c1-15(2)7-10-12(9-4-5-16-8-9)13-6-11(14-10)17-3/h6,9H,4-5,7-8H2,1-3H3. The average Bonchev–Trinajstić information content (AvgIpc) is 2.81. The van der Waals surface area contributed by atoms with Gasteiger partial charge in [0, 0.05) is 19.1 Å². The lowest BCUT2D eigenvalue weighted by molar-refractivity contribution is 0.193. The molecule has 1 fully saturated rings. The molecular weight excluding hydrogens is 234 g/mol. The molecule has 1 aromatic rings. The minimum Gasteiger partial charge on any atom is -0.381 e. The first-order chi connectivity index (χ1) is 8.20. The van der Waals surface area contributed by atoms with E-state index in [-0.39, 0.29) is 0 Å². The van der Waals surface area contributed by atoms with Crippen molar-refractivity contribution in [1.29, 1.82) is 0 Å². The molecule has 94 valence electrons. The molecule has 1 aliphatic heterocycles. The van der Waals surface area contributed by atoms with E-state index in [4.69, 9.17) is 4.74 Å². The van der Waals surface area contributed by atoms with E-state index in [0.29, 0.717) is 5.92 Å². The Kier molecular flexibility index (Phi) is 4.36. The Balaban J connectivity index is 2.28. The number of hydrogen-bond donors (Lipinski definition) is 0.